The van der Waals surface area contributed by atoms with Crippen LogP contribution in [0.1, 0.15) is 60.3 Å². The molecular weight excluding hydrogens is 220 g/mol. The molecule has 0 saturated carbocycles. The molecule has 1 nitrogen and oxygen atoms in total. The van der Waals surface area contributed by atoms with Gasteiger partial charge in [-0.2, -0.15) is 0 Å². The van der Waals surface area contributed by atoms with Crippen molar-refractivity contribution in [3.63, 3.8) is 0 Å². The van der Waals surface area contributed by atoms with Gasteiger partial charge in [-0.25, -0.2) is 0 Å². The van der Waals surface area contributed by atoms with Gasteiger partial charge in [-0.15, -0.1) is 0 Å². The van der Waals surface area contributed by atoms with E-state index in [1.807, 2.05) is 0 Å². The van der Waals surface area contributed by atoms with Gasteiger partial charge in [-0.05, 0) is 56.1 Å². The van der Waals surface area contributed by atoms with Crippen molar-refractivity contribution in [2.24, 2.45) is 17.8 Å². The number of rotatable bonds is 7. The van der Waals surface area contributed by atoms with Crippen LogP contribution in [-0.2, 0) is 4.74 Å². The quantitative estimate of drug-likeness (QED) is 0.593. The standard InChI is InChI=1S/C17H30O/c1-6-13(4)11-15(7-2)16-9-10-17(18-8-3)14(5)12-16/h10,12-13,15-16H,6-9,11H2,1-5H3. The molecule has 0 N–H and O–H groups in total. The second-order valence-electron chi connectivity index (χ2n) is 5.67. The van der Waals surface area contributed by atoms with E-state index in [1.54, 1.807) is 0 Å². The van der Waals surface area contributed by atoms with Crippen molar-refractivity contribution in [1.29, 1.82) is 0 Å². The predicted molar refractivity (Wildman–Crippen MR) is 79.4 cm³/mol. The summed E-state index contributed by atoms with van der Waals surface area (Å²) in [7, 11) is 0. The maximum Gasteiger partial charge on any atom is 0.117 e. The van der Waals surface area contributed by atoms with Crippen LogP contribution in [0, 0.1) is 17.8 Å². The van der Waals surface area contributed by atoms with Gasteiger partial charge in [-0.3, -0.25) is 0 Å². The lowest BCUT2D eigenvalue weighted by Crippen LogP contribution is -2.18. The van der Waals surface area contributed by atoms with Crippen LogP contribution in [0.5, 0.6) is 0 Å². The molecule has 0 saturated heterocycles. The lowest BCUT2D eigenvalue weighted by Gasteiger charge is -2.29. The van der Waals surface area contributed by atoms with E-state index in [2.05, 4.69) is 46.8 Å². The number of ether oxygens (including phenoxy) is 1. The lowest BCUT2D eigenvalue weighted by molar-refractivity contribution is 0.228. The van der Waals surface area contributed by atoms with Gasteiger partial charge in [0.1, 0.15) is 5.76 Å². The highest BCUT2D eigenvalue weighted by atomic mass is 16.5. The minimum atomic E-state index is 0.716. The Morgan fingerprint density at radius 1 is 1.28 bits per heavy atom. The van der Waals surface area contributed by atoms with Crippen molar-refractivity contribution < 1.29 is 4.74 Å². The van der Waals surface area contributed by atoms with Crippen molar-refractivity contribution in [3.8, 4) is 0 Å². The van der Waals surface area contributed by atoms with Gasteiger partial charge in [0.05, 0.1) is 6.61 Å². The maximum absolute atomic E-state index is 5.65. The van der Waals surface area contributed by atoms with Crippen molar-refractivity contribution >= 4 is 0 Å². The van der Waals surface area contributed by atoms with Gasteiger partial charge in [0.25, 0.3) is 0 Å². The Hall–Kier alpha value is -0.720. The average molecular weight is 250 g/mol. The topological polar surface area (TPSA) is 9.23 Å². The first kappa shape index (κ1) is 15.3. The second-order valence-corrected chi connectivity index (χ2v) is 5.67. The molecule has 0 bridgehead atoms. The Kier molecular flexibility index (Phi) is 6.52. The largest absolute Gasteiger partial charge is 0.494 e. The molecule has 18 heavy (non-hydrogen) atoms. The highest BCUT2D eigenvalue weighted by Crippen LogP contribution is 2.34. The van der Waals surface area contributed by atoms with Crippen LogP contribution in [0.2, 0.25) is 0 Å². The van der Waals surface area contributed by atoms with E-state index in [0.29, 0.717) is 5.92 Å². The Morgan fingerprint density at radius 2 is 2.00 bits per heavy atom. The predicted octanol–water partition coefficient (Wildman–Crippen LogP) is 5.34. The van der Waals surface area contributed by atoms with E-state index >= 15 is 0 Å². The van der Waals surface area contributed by atoms with Crippen LogP contribution in [0.4, 0.5) is 0 Å². The molecular formula is C17H30O. The zero-order chi connectivity index (χ0) is 13.5. The number of hydrogen-bond acceptors (Lipinski definition) is 1. The summed E-state index contributed by atoms with van der Waals surface area (Å²) in [6.45, 7) is 12.0. The highest BCUT2D eigenvalue weighted by molar-refractivity contribution is 5.28. The molecule has 1 rings (SSSR count). The van der Waals surface area contributed by atoms with E-state index in [4.69, 9.17) is 4.74 Å². The summed E-state index contributed by atoms with van der Waals surface area (Å²) in [4.78, 5) is 0. The summed E-state index contributed by atoms with van der Waals surface area (Å²) in [6.07, 6.45) is 9.84. The molecule has 0 heterocycles. The third-order valence-corrected chi connectivity index (χ3v) is 4.26. The molecule has 3 unspecified atom stereocenters. The molecule has 0 amide bonds. The summed E-state index contributed by atoms with van der Waals surface area (Å²) in [5.41, 5.74) is 1.33. The minimum Gasteiger partial charge on any atom is -0.494 e. The summed E-state index contributed by atoms with van der Waals surface area (Å²) in [6, 6.07) is 0. The minimum absolute atomic E-state index is 0.716. The van der Waals surface area contributed by atoms with Crippen LogP contribution in [0.25, 0.3) is 0 Å². The summed E-state index contributed by atoms with van der Waals surface area (Å²) in [5, 5.41) is 0. The van der Waals surface area contributed by atoms with Crippen molar-refractivity contribution in [2.75, 3.05) is 6.61 Å². The van der Waals surface area contributed by atoms with Gasteiger partial charge in [0.15, 0.2) is 0 Å². The number of allylic oxidation sites excluding steroid dienone is 3. The Balaban J connectivity index is 2.63. The molecule has 0 aromatic carbocycles. The summed E-state index contributed by atoms with van der Waals surface area (Å²) < 4.78 is 5.65. The van der Waals surface area contributed by atoms with Gasteiger partial charge in [-0.1, -0.05) is 39.7 Å². The molecule has 1 heteroatoms. The monoisotopic (exact) mass is 250 g/mol. The van der Waals surface area contributed by atoms with Crippen LogP contribution < -0.4 is 0 Å². The lowest BCUT2D eigenvalue weighted by atomic mass is 9.78. The van der Waals surface area contributed by atoms with E-state index < -0.39 is 0 Å². The zero-order valence-electron chi connectivity index (χ0n) is 12.8. The first-order valence-corrected chi connectivity index (χ1v) is 7.63. The Labute approximate surface area is 113 Å². The van der Waals surface area contributed by atoms with Gasteiger partial charge in [0.2, 0.25) is 0 Å². The molecule has 0 radical (unpaired) electrons. The molecule has 0 aromatic heterocycles. The highest BCUT2D eigenvalue weighted by Gasteiger charge is 2.22. The molecule has 0 aliphatic heterocycles. The van der Waals surface area contributed by atoms with Crippen molar-refractivity contribution in [1.82, 2.24) is 0 Å². The van der Waals surface area contributed by atoms with Crippen LogP contribution in [0.3, 0.4) is 0 Å². The van der Waals surface area contributed by atoms with E-state index in [0.717, 1.165) is 30.6 Å². The van der Waals surface area contributed by atoms with Gasteiger partial charge in [0, 0.05) is 0 Å². The Morgan fingerprint density at radius 3 is 2.50 bits per heavy atom. The molecule has 0 spiro atoms. The molecule has 0 fully saturated rings. The van der Waals surface area contributed by atoms with Crippen LogP contribution in [0.15, 0.2) is 23.5 Å². The summed E-state index contributed by atoms with van der Waals surface area (Å²) in [5.74, 6) is 3.50. The van der Waals surface area contributed by atoms with Gasteiger partial charge >= 0.3 is 0 Å². The molecule has 3 atom stereocenters. The smallest absolute Gasteiger partial charge is 0.117 e. The van der Waals surface area contributed by atoms with E-state index in [1.165, 1.54) is 24.8 Å². The molecule has 104 valence electrons. The fraction of sp³-hybridized carbons (Fsp3) is 0.765. The van der Waals surface area contributed by atoms with Crippen LogP contribution in [-0.4, -0.2) is 6.61 Å². The molecule has 1 aliphatic carbocycles. The van der Waals surface area contributed by atoms with Gasteiger partial charge < -0.3 is 4.74 Å². The van der Waals surface area contributed by atoms with E-state index in [9.17, 15) is 0 Å². The maximum atomic E-state index is 5.65. The van der Waals surface area contributed by atoms with Crippen LogP contribution >= 0.6 is 0 Å². The van der Waals surface area contributed by atoms with Crippen molar-refractivity contribution in [3.05, 3.63) is 23.5 Å². The average Bonchev–Trinajstić information content (AvgIpc) is 2.38. The normalized spacial score (nSPS) is 23.1. The third-order valence-electron chi connectivity index (χ3n) is 4.26. The number of hydrogen-bond donors (Lipinski definition) is 0. The summed E-state index contributed by atoms with van der Waals surface area (Å²) >= 11 is 0. The fourth-order valence-corrected chi connectivity index (χ4v) is 2.86. The zero-order valence-corrected chi connectivity index (χ0v) is 12.8. The van der Waals surface area contributed by atoms with E-state index in [-0.39, 0.29) is 0 Å². The second kappa shape index (κ2) is 7.66. The first-order valence-electron chi connectivity index (χ1n) is 7.63. The molecule has 0 aromatic rings. The third kappa shape index (κ3) is 4.19. The Bertz CT molecular complexity index is 301. The molecule has 1 aliphatic rings. The fourth-order valence-electron chi connectivity index (χ4n) is 2.86. The van der Waals surface area contributed by atoms with Crippen molar-refractivity contribution in [2.45, 2.75) is 60.3 Å². The SMILES string of the molecule is CCOC1=CCC(C(CC)CC(C)CC)C=C1C. The first-order chi connectivity index (χ1) is 8.62.